The molecule has 0 unspecified atom stereocenters. The Morgan fingerprint density at radius 1 is 1.15 bits per heavy atom. The molecule has 1 amide bonds. The van der Waals surface area contributed by atoms with Crippen LogP contribution in [0.25, 0.3) is 11.0 Å². The summed E-state index contributed by atoms with van der Waals surface area (Å²) in [6.45, 7) is 1.83. The summed E-state index contributed by atoms with van der Waals surface area (Å²) in [5.41, 5.74) is 1.41. The van der Waals surface area contributed by atoms with Crippen molar-refractivity contribution in [3.8, 4) is 5.75 Å². The van der Waals surface area contributed by atoms with Crippen molar-refractivity contribution in [1.82, 2.24) is 0 Å². The maximum absolute atomic E-state index is 12.1. The monoisotopic (exact) mass is 405 g/mol. The SMILES string of the molecule is CCCc1cc(=O)oc2cc(OCC(=O)Nc3ccc(Cl)cc3Cl)ccc12. The highest BCUT2D eigenvalue weighted by molar-refractivity contribution is 6.36. The van der Waals surface area contributed by atoms with Gasteiger partial charge < -0.3 is 14.5 Å². The molecule has 3 rings (SSSR count). The number of halogens is 2. The quantitative estimate of drug-likeness (QED) is 0.581. The lowest BCUT2D eigenvalue weighted by Gasteiger charge is -2.10. The summed E-state index contributed by atoms with van der Waals surface area (Å²) in [7, 11) is 0. The van der Waals surface area contributed by atoms with Crippen molar-refractivity contribution in [1.29, 1.82) is 0 Å². The number of anilines is 1. The first-order valence-corrected chi connectivity index (χ1v) is 9.16. The summed E-state index contributed by atoms with van der Waals surface area (Å²) in [6, 6.07) is 11.5. The van der Waals surface area contributed by atoms with Gasteiger partial charge in [0.1, 0.15) is 11.3 Å². The Labute approximate surface area is 165 Å². The van der Waals surface area contributed by atoms with Crippen LogP contribution in [0.5, 0.6) is 5.75 Å². The maximum Gasteiger partial charge on any atom is 0.336 e. The van der Waals surface area contributed by atoms with E-state index in [-0.39, 0.29) is 12.5 Å². The molecule has 0 radical (unpaired) electrons. The molecule has 1 heterocycles. The Morgan fingerprint density at radius 2 is 1.96 bits per heavy atom. The van der Waals surface area contributed by atoms with Gasteiger partial charge in [0.25, 0.3) is 5.91 Å². The highest BCUT2D eigenvalue weighted by Gasteiger charge is 2.10. The molecule has 0 spiro atoms. The average Bonchev–Trinajstić information content (AvgIpc) is 2.62. The van der Waals surface area contributed by atoms with Gasteiger partial charge in [-0.15, -0.1) is 0 Å². The zero-order valence-electron chi connectivity index (χ0n) is 14.6. The van der Waals surface area contributed by atoms with Gasteiger partial charge in [0, 0.05) is 22.5 Å². The number of carbonyl (C=O) groups excluding carboxylic acids is 1. The van der Waals surface area contributed by atoms with Crippen LogP contribution in [-0.4, -0.2) is 12.5 Å². The van der Waals surface area contributed by atoms with E-state index in [1.54, 1.807) is 30.3 Å². The number of hydrogen-bond acceptors (Lipinski definition) is 4. The van der Waals surface area contributed by atoms with Gasteiger partial charge in [-0.2, -0.15) is 0 Å². The van der Waals surface area contributed by atoms with Crippen molar-refractivity contribution < 1.29 is 13.9 Å². The number of nitrogens with one attached hydrogen (secondary N) is 1. The number of ether oxygens (including phenoxy) is 1. The fourth-order valence-electron chi connectivity index (χ4n) is 2.70. The van der Waals surface area contributed by atoms with E-state index in [2.05, 4.69) is 5.32 Å². The first kappa shape index (κ1) is 19.3. The molecule has 2 aromatic carbocycles. The highest BCUT2D eigenvalue weighted by atomic mass is 35.5. The molecule has 1 aromatic heterocycles. The van der Waals surface area contributed by atoms with Gasteiger partial charge in [0.05, 0.1) is 10.7 Å². The van der Waals surface area contributed by atoms with Crippen molar-refractivity contribution in [2.45, 2.75) is 19.8 Å². The summed E-state index contributed by atoms with van der Waals surface area (Å²) >= 11 is 11.9. The number of hydrogen-bond donors (Lipinski definition) is 1. The molecule has 0 aliphatic rings. The largest absolute Gasteiger partial charge is 0.484 e. The van der Waals surface area contributed by atoms with Crippen LogP contribution in [0.1, 0.15) is 18.9 Å². The minimum Gasteiger partial charge on any atom is -0.484 e. The molecule has 140 valence electrons. The molecule has 0 fully saturated rings. The molecule has 0 saturated carbocycles. The Balaban J connectivity index is 1.71. The topological polar surface area (TPSA) is 68.5 Å². The summed E-state index contributed by atoms with van der Waals surface area (Å²) in [4.78, 5) is 23.8. The highest BCUT2D eigenvalue weighted by Crippen LogP contribution is 2.26. The molecule has 0 aliphatic carbocycles. The van der Waals surface area contributed by atoms with Crippen LogP contribution < -0.4 is 15.7 Å². The average molecular weight is 406 g/mol. The summed E-state index contributed by atoms with van der Waals surface area (Å²) in [5.74, 6) is 0.0529. The van der Waals surface area contributed by atoms with Crippen LogP contribution in [-0.2, 0) is 11.2 Å². The van der Waals surface area contributed by atoms with E-state index in [0.717, 1.165) is 23.8 Å². The fraction of sp³-hybridized carbons (Fsp3) is 0.200. The van der Waals surface area contributed by atoms with Gasteiger partial charge in [-0.3, -0.25) is 4.79 Å². The number of rotatable bonds is 6. The third-order valence-electron chi connectivity index (χ3n) is 3.90. The lowest BCUT2D eigenvalue weighted by Crippen LogP contribution is -2.20. The summed E-state index contributed by atoms with van der Waals surface area (Å²) < 4.78 is 10.8. The second-order valence-electron chi connectivity index (χ2n) is 5.96. The summed E-state index contributed by atoms with van der Waals surface area (Å²) in [5, 5.41) is 4.33. The normalized spacial score (nSPS) is 10.8. The molecular weight excluding hydrogens is 389 g/mol. The predicted molar refractivity (Wildman–Crippen MR) is 107 cm³/mol. The van der Waals surface area contributed by atoms with Gasteiger partial charge >= 0.3 is 5.63 Å². The van der Waals surface area contributed by atoms with E-state index in [9.17, 15) is 9.59 Å². The molecular formula is C20H17Cl2NO4. The van der Waals surface area contributed by atoms with Crippen LogP contribution in [0.3, 0.4) is 0 Å². The number of amides is 1. The zero-order valence-corrected chi connectivity index (χ0v) is 16.1. The number of aryl methyl sites for hydroxylation is 1. The molecule has 0 atom stereocenters. The van der Waals surface area contributed by atoms with E-state index >= 15 is 0 Å². The fourth-order valence-corrected chi connectivity index (χ4v) is 3.16. The van der Waals surface area contributed by atoms with Crippen molar-refractivity contribution in [2.75, 3.05) is 11.9 Å². The van der Waals surface area contributed by atoms with Gasteiger partial charge in [0.2, 0.25) is 0 Å². The molecule has 7 heteroatoms. The maximum atomic E-state index is 12.1. The van der Waals surface area contributed by atoms with Gasteiger partial charge in [-0.05, 0) is 42.3 Å². The van der Waals surface area contributed by atoms with Crippen molar-refractivity contribution in [3.05, 3.63) is 68.5 Å². The van der Waals surface area contributed by atoms with Crippen LogP contribution in [0.2, 0.25) is 10.0 Å². The smallest absolute Gasteiger partial charge is 0.336 e. The third kappa shape index (κ3) is 4.81. The molecule has 0 bridgehead atoms. The zero-order chi connectivity index (χ0) is 19.4. The number of fused-ring (bicyclic) bond motifs is 1. The molecule has 3 aromatic rings. The Kier molecular flexibility index (Phi) is 6.04. The van der Waals surface area contributed by atoms with Gasteiger partial charge in [0.15, 0.2) is 6.61 Å². The molecule has 1 N–H and O–H groups in total. The van der Waals surface area contributed by atoms with E-state index in [1.165, 1.54) is 6.07 Å². The second-order valence-corrected chi connectivity index (χ2v) is 6.80. The Hall–Kier alpha value is -2.50. The van der Waals surface area contributed by atoms with Crippen molar-refractivity contribution in [2.24, 2.45) is 0 Å². The molecule has 27 heavy (non-hydrogen) atoms. The standard InChI is InChI=1S/C20H17Cl2NO4/c1-2-3-12-8-20(25)27-18-10-14(5-6-15(12)18)26-11-19(24)23-17-7-4-13(21)9-16(17)22/h4-10H,2-3,11H2,1H3,(H,23,24). The minimum absolute atomic E-state index is 0.219. The van der Waals surface area contributed by atoms with Crippen LogP contribution >= 0.6 is 23.2 Å². The van der Waals surface area contributed by atoms with E-state index in [1.807, 2.05) is 13.0 Å². The van der Waals surface area contributed by atoms with Gasteiger partial charge in [-0.1, -0.05) is 36.5 Å². The molecule has 0 saturated heterocycles. The first-order chi connectivity index (χ1) is 13.0. The Morgan fingerprint density at radius 3 is 2.70 bits per heavy atom. The second kappa shape index (κ2) is 8.46. The van der Waals surface area contributed by atoms with Crippen LogP contribution in [0, 0.1) is 0 Å². The van der Waals surface area contributed by atoms with Crippen LogP contribution in [0.15, 0.2) is 51.7 Å². The number of benzene rings is 2. The van der Waals surface area contributed by atoms with Crippen molar-refractivity contribution >= 4 is 45.8 Å². The predicted octanol–water partition coefficient (Wildman–Crippen LogP) is 5.07. The minimum atomic E-state index is -0.404. The first-order valence-electron chi connectivity index (χ1n) is 8.40. The van der Waals surface area contributed by atoms with Gasteiger partial charge in [-0.25, -0.2) is 4.79 Å². The molecule has 0 aliphatic heterocycles. The lowest BCUT2D eigenvalue weighted by molar-refractivity contribution is -0.118. The van der Waals surface area contributed by atoms with E-state index in [4.69, 9.17) is 32.4 Å². The van der Waals surface area contributed by atoms with E-state index in [0.29, 0.717) is 27.1 Å². The van der Waals surface area contributed by atoms with E-state index < -0.39 is 5.63 Å². The summed E-state index contributed by atoms with van der Waals surface area (Å²) in [6.07, 6.45) is 1.71. The third-order valence-corrected chi connectivity index (χ3v) is 4.44. The molecule has 5 nitrogen and oxygen atoms in total. The van der Waals surface area contributed by atoms with Crippen LogP contribution in [0.4, 0.5) is 5.69 Å². The van der Waals surface area contributed by atoms with Crippen molar-refractivity contribution in [3.63, 3.8) is 0 Å². The Bertz CT molecular complexity index is 1050. The lowest BCUT2D eigenvalue weighted by atomic mass is 10.1. The number of carbonyl (C=O) groups is 1.